The Morgan fingerprint density at radius 1 is 1.13 bits per heavy atom. The zero-order valence-corrected chi connectivity index (χ0v) is 17.2. The predicted molar refractivity (Wildman–Crippen MR) is 116 cm³/mol. The van der Waals surface area contributed by atoms with Crippen molar-refractivity contribution < 1.29 is 9.18 Å². The third kappa shape index (κ3) is 3.55. The second-order valence-corrected chi connectivity index (χ2v) is 8.64. The van der Waals surface area contributed by atoms with Crippen molar-refractivity contribution in [2.45, 2.75) is 38.6 Å². The largest absolute Gasteiger partial charge is 0.366 e. The molecule has 3 aliphatic rings. The molecule has 1 N–H and O–H groups in total. The molecular weight excluding hydrogens is 383 g/mol. The Bertz CT molecular complexity index is 953. The number of halogens is 1. The average molecular weight is 410 g/mol. The Morgan fingerprint density at radius 2 is 1.97 bits per heavy atom. The highest BCUT2D eigenvalue weighted by atomic mass is 19.1. The van der Waals surface area contributed by atoms with Gasteiger partial charge < -0.3 is 15.1 Å². The summed E-state index contributed by atoms with van der Waals surface area (Å²) in [5, 5.41) is 2.82. The molecule has 0 aliphatic carbocycles. The standard InChI is InChI=1S/C22H27FN6O/c1-15-4-2-9-28(13-15)20-7-6-19-21(26-20)29(18-5-3-8-27(19)14-18)22(30)25-17-10-16(23)11-24-12-17/h6-7,10-12,15,18H,2-5,8-9,13-14H2,1H3,(H,25,30)/t15?,18-/m1/s1. The molecule has 8 heteroatoms. The lowest BCUT2D eigenvalue weighted by Crippen LogP contribution is -2.56. The molecule has 0 radical (unpaired) electrons. The van der Waals surface area contributed by atoms with Crippen LogP contribution in [0, 0.1) is 11.7 Å². The van der Waals surface area contributed by atoms with Gasteiger partial charge in [-0.2, -0.15) is 0 Å². The molecule has 0 aromatic carbocycles. The van der Waals surface area contributed by atoms with E-state index >= 15 is 0 Å². The van der Waals surface area contributed by atoms with Gasteiger partial charge in [0.2, 0.25) is 0 Å². The first-order valence-corrected chi connectivity index (χ1v) is 10.8. The number of anilines is 4. The van der Waals surface area contributed by atoms with Crippen LogP contribution >= 0.6 is 0 Å². The van der Waals surface area contributed by atoms with Gasteiger partial charge in [0.05, 0.1) is 29.8 Å². The minimum absolute atomic E-state index is 0.0517. The van der Waals surface area contributed by atoms with Crippen molar-refractivity contribution in [3.63, 3.8) is 0 Å². The third-order valence-corrected chi connectivity index (χ3v) is 6.33. The van der Waals surface area contributed by atoms with E-state index in [4.69, 9.17) is 4.98 Å². The number of hydrogen-bond donors (Lipinski definition) is 1. The van der Waals surface area contributed by atoms with E-state index in [-0.39, 0.29) is 12.1 Å². The SMILES string of the molecule is CC1CCCN(c2ccc3c(n2)N(C(=O)Nc2cncc(F)c2)[C@@H]2CCCN3C2)C1. The van der Waals surface area contributed by atoms with Crippen molar-refractivity contribution in [3.8, 4) is 0 Å². The number of carbonyl (C=O) groups excluding carboxylic acids is 1. The van der Waals surface area contributed by atoms with Gasteiger partial charge in [0.15, 0.2) is 5.82 Å². The fourth-order valence-corrected chi connectivity index (χ4v) is 4.91. The number of amides is 2. The Kier molecular flexibility index (Phi) is 4.92. The van der Waals surface area contributed by atoms with E-state index in [0.717, 1.165) is 63.1 Å². The molecule has 2 fully saturated rings. The molecule has 5 rings (SSSR count). The quantitative estimate of drug-likeness (QED) is 0.814. The second-order valence-electron chi connectivity index (χ2n) is 8.64. The van der Waals surface area contributed by atoms with Crippen molar-refractivity contribution in [2.24, 2.45) is 5.92 Å². The minimum Gasteiger partial charge on any atom is -0.366 e. The highest BCUT2D eigenvalue weighted by Crippen LogP contribution is 2.39. The normalized spacial score (nSPS) is 23.2. The number of fused-ring (bicyclic) bond motifs is 4. The van der Waals surface area contributed by atoms with Gasteiger partial charge in [-0.25, -0.2) is 14.2 Å². The topological polar surface area (TPSA) is 64.6 Å². The van der Waals surface area contributed by atoms with Gasteiger partial charge >= 0.3 is 6.03 Å². The summed E-state index contributed by atoms with van der Waals surface area (Å²) in [4.78, 5) is 28.5. The number of piperidine rings is 2. The van der Waals surface area contributed by atoms with Crippen LogP contribution in [0.2, 0.25) is 0 Å². The van der Waals surface area contributed by atoms with Gasteiger partial charge in [0.1, 0.15) is 11.6 Å². The summed E-state index contributed by atoms with van der Waals surface area (Å²) in [7, 11) is 0. The van der Waals surface area contributed by atoms with Crippen LogP contribution in [0.1, 0.15) is 32.6 Å². The van der Waals surface area contributed by atoms with Crippen molar-refractivity contribution >= 4 is 29.0 Å². The van der Waals surface area contributed by atoms with Crippen LogP contribution in [-0.2, 0) is 0 Å². The third-order valence-electron chi connectivity index (χ3n) is 6.33. The highest BCUT2D eigenvalue weighted by Gasteiger charge is 2.38. The van der Waals surface area contributed by atoms with Crippen molar-refractivity contribution in [1.29, 1.82) is 0 Å². The number of aromatic nitrogens is 2. The summed E-state index contributed by atoms with van der Waals surface area (Å²) >= 11 is 0. The van der Waals surface area contributed by atoms with Crippen LogP contribution < -0.4 is 20.0 Å². The van der Waals surface area contributed by atoms with Crippen LogP contribution in [0.15, 0.2) is 30.6 Å². The smallest absolute Gasteiger partial charge is 0.327 e. The molecular formula is C22H27FN6O. The fraction of sp³-hybridized carbons (Fsp3) is 0.500. The zero-order chi connectivity index (χ0) is 20.7. The first-order chi connectivity index (χ1) is 14.6. The molecule has 2 aromatic rings. The maximum atomic E-state index is 13.5. The lowest BCUT2D eigenvalue weighted by Gasteiger charge is -2.46. The molecule has 7 nitrogen and oxygen atoms in total. The Labute approximate surface area is 175 Å². The molecule has 5 heterocycles. The summed E-state index contributed by atoms with van der Waals surface area (Å²) in [5.41, 5.74) is 1.34. The lowest BCUT2D eigenvalue weighted by molar-refractivity contribution is 0.252. The molecule has 0 saturated carbocycles. The molecule has 30 heavy (non-hydrogen) atoms. The highest BCUT2D eigenvalue weighted by molar-refractivity contribution is 6.04. The number of hydrogen-bond acceptors (Lipinski definition) is 5. The van der Waals surface area contributed by atoms with Gasteiger partial charge in [-0.15, -0.1) is 0 Å². The number of urea groups is 1. The summed E-state index contributed by atoms with van der Waals surface area (Å²) in [5.74, 6) is 1.78. The van der Waals surface area contributed by atoms with E-state index in [9.17, 15) is 9.18 Å². The van der Waals surface area contributed by atoms with E-state index in [1.54, 1.807) is 4.90 Å². The predicted octanol–water partition coefficient (Wildman–Crippen LogP) is 3.87. The van der Waals surface area contributed by atoms with Crippen LogP contribution in [0.5, 0.6) is 0 Å². The van der Waals surface area contributed by atoms with Gasteiger partial charge in [-0.1, -0.05) is 6.92 Å². The summed E-state index contributed by atoms with van der Waals surface area (Å²) in [6.45, 7) is 6.02. The monoisotopic (exact) mass is 410 g/mol. The maximum Gasteiger partial charge on any atom is 0.327 e. The lowest BCUT2D eigenvalue weighted by atomic mass is 9.99. The zero-order valence-electron chi connectivity index (χ0n) is 17.2. The number of nitrogens with zero attached hydrogens (tertiary/aromatic N) is 5. The molecule has 2 amide bonds. The molecule has 2 aromatic heterocycles. The molecule has 2 atom stereocenters. The van der Waals surface area contributed by atoms with Crippen LogP contribution in [0.3, 0.4) is 0 Å². The van der Waals surface area contributed by atoms with Gasteiger partial charge in [-0.3, -0.25) is 9.88 Å². The first-order valence-electron chi connectivity index (χ1n) is 10.8. The molecule has 2 bridgehead atoms. The van der Waals surface area contributed by atoms with Gasteiger partial charge in [-0.05, 0) is 43.7 Å². The first kappa shape index (κ1) is 19.1. The molecule has 1 unspecified atom stereocenters. The van der Waals surface area contributed by atoms with Crippen molar-refractivity contribution in [1.82, 2.24) is 9.97 Å². The number of nitrogens with one attached hydrogen (secondary N) is 1. The van der Waals surface area contributed by atoms with Crippen LogP contribution in [0.4, 0.5) is 32.2 Å². The second kappa shape index (κ2) is 7.74. The van der Waals surface area contributed by atoms with E-state index < -0.39 is 5.82 Å². The van der Waals surface area contributed by atoms with E-state index in [0.29, 0.717) is 17.4 Å². The Balaban J connectivity index is 1.49. The fourth-order valence-electron chi connectivity index (χ4n) is 4.91. The molecule has 2 saturated heterocycles. The molecule has 3 aliphatic heterocycles. The van der Waals surface area contributed by atoms with E-state index in [2.05, 4.69) is 39.2 Å². The van der Waals surface area contributed by atoms with Crippen LogP contribution in [0.25, 0.3) is 0 Å². The average Bonchev–Trinajstić information content (AvgIpc) is 2.74. The number of rotatable bonds is 2. The maximum absolute atomic E-state index is 13.5. The van der Waals surface area contributed by atoms with Crippen molar-refractivity contribution in [2.75, 3.05) is 46.2 Å². The number of pyridine rings is 2. The van der Waals surface area contributed by atoms with Crippen molar-refractivity contribution in [3.05, 3.63) is 36.4 Å². The van der Waals surface area contributed by atoms with E-state index in [1.807, 2.05) is 0 Å². The Morgan fingerprint density at radius 3 is 2.80 bits per heavy atom. The minimum atomic E-state index is -0.477. The molecule has 158 valence electrons. The van der Waals surface area contributed by atoms with Crippen LogP contribution in [-0.4, -0.2) is 48.2 Å². The Hall–Kier alpha value is -2.90. The van der Waals surface area contributed by atoms with E-state index in [1.165, 1.54) is 18.7 Å². The van der Waals surface area contributed by atoms with Gasteiger partial charge in [0.25, 0.3) is 0 Å². The van der Waals surface area contributed by atoms with Gasteiger partial charge in [0, 0.05) is 32.2 Å². The number of carbonyl (C=O) groups is 1. The summed E-state index contributed by atoms with van der Waals surface area (Å²) in [6, 6.07) is 5.23. The summed E-state index contributed by atoms with van der Waals surface area (Å²) in [6.07, 6.45) is 6.94. The molecule has 0 spiro atoms. The summed E-state index contributed by atoms with van der Waals surface area (Å²) < 4.78 is 13.5.